The Morgan fingerprint density at radius 1 is 1.28 bits per heavy atom. The maximum Gasteiger partial charge on any atom is 0.222 e. The summed E-state index contributed by atoms with van der Waals surface area (Å²) in [6, 6.07) is 7.31. The van der Waals surface area contributed by atoms with Gasteiger partial charge in [0.1, 0.15) is 5.65 Å². The van der Waals surface area contributed by atoms with Gasteiger partial charge in [-0.05, 0) is 78.7 Å². The SMILES string of the molecule is CCC(=O)N1CCc2c(cc(-c3cnc4[nH]cc(C)c4c3)cc2[C@@H]2CCCN2)C1. The van der Waals surface area contributed by atoms with E-state index >= 15 is 0 Å². The molecule has 5 nitrogen and oxygen atoms in total. The fraction of sp³-hybridized carbons (Fsp3) is 0.417. The Bertz CT molecular complexity index is 1080. The first-order chi connectivity index (χ1) is 14.1. The Hall–Kier alpha value is -2.66. The number of rotatable bonds is 3. The van der Waals surface area contributed by atoms with Crippen LogP contribution in [0.5, 0.6) is 0 Å². The molecule has 1 amide bonds. The topological polar surface area (TPSA) is 61.0 Å². The summed E-state index contributed by atoms with van der Waals surface area (Å²) in [4.78, 5) is 22.2. The number of pyridine rings is 1. The predicted molar refractivity (Wildman–Crippen MR) is 116 cm³/mol. The molecular formula is C24H28N4O. The molecule has 3 aromatic rings. The van der Waals surface area contributed by atoms with Gasteiger partial charge < -0.3 is 15.2 Å². The Morgan fingerprint density at radius 3 is 2.97 bits per heavy atom. The minimum absolute atomic E-state index is 0.243. The van der Waals surface area contributed by atoms with Crippen molar-refractivity contribution in [2.45, 2.75) is 52.1 Å². The van der Waals surface area contributed by atoms with E-state index in [1.165, 1.54) is 46.0 Å². The maximum atomic E-state index is 12.3. The van der Waals surface area contributed by atoms with Gasteiger partial charge >= 0.3 is 0 Å². The number of H-pyrrole nitrogens is 1. The first-order valence-corrected chi connectivity index (χ1v) is 10.7. The molecular weight excluding hydrogens is 360 g/mol. The van der Waals surface area contributed by atoms with Crippen molar-refractivity contribution in [3.63, 3.8) is 0 Å². The van der Waals surface area contributed by atoms with Crippen LogP contribution in [-0.2, 0) is 17.8 Å². The molecule has 5 heteroatoms. The van der Waals surface area contributed by atoms with Crippen molar-refractivity contribution in [1.82, 2.24) is 20.2 Å². The van der Waals surface area contributed by atoms with Crippen LogP contribution in [0, 0.1) is 6.92 Å². The van der Waals surface area contributed by atoms with E-state index in [9.17, 15) is 4.79 Å². The molecule has 0 saturated carbocycles. The Morgan fingerprint density at radius 2 is 2.17 bits per heavy atom. The van der Waals surface area contributed by atoms with Gasteiger partial charge in [-0.2, -0.15) is 0 Å². The van der Waals surface area contributed by atoms with Crippen molar-refractivity contribution in [3.8, 4) is 11.1 Å². The Kier molecular flexibility index (Phi) is 4.63. The summed E-state index contributed by atoms with van der Waals surface area (Å²) in [5.74, 6) is 0.243. The number of nitrogens with zero attached hydrogens (tertiary/aromatic N) is 2. The van der Waals surface area contributed by atoms with Crippen LogP contribution in [-0.4, -0.2) is 33.9 Å². The van der Waals surface area contributed by atoms with Crippen molar-refractivity contribution in [3.05, 3.63) is 52.8 Å². The monoisotopic (exact) mass is 388 g/mol. The third kappa shape index (κ3) is 3.23. The molecule has 1 saturated heterocycles. The minimum Gasteiger partial charge on any atom is -0.346 e. The van der Waals surface area contributed by atoms with Gasteiger partial charge in [-0.3, -0.25) is 4.79 Å². The van der Waals surface area contributed by atoms with Gasteiger partial charge in [0.15, 0.2) is 0 Å². The van der Waals surface area contributed by atoms with E-state index in [1.807, 2.05) is 24.2 Å². The summed E-state index contributed by atoms with van der Waals surface area (Å²) in [7, 11) is 0. The zero-order valence-electron chi connectivity index (χ0n) is 17.2. The van der Waals surface area contributed by atoms with Gasteiger partial charge in [0, 0.05) is 48.9 Å². The summed E-state index contributed by atoms with van der Waals surface area (Å²) in [5.41, 5.74) is 8.65. The number of hydrogen-bond donors (Lipinski definition) is 2. The zero-order valence-corrected chi connectivity index (χ0v) is 17.2. The number of carbonyl (C=O) groups is 1. The first-order valence-electron chi connectivity index (χ1n) is 10.7. The van der Waals surface area contributed by atoms with Gasteiger partial charge in [0.2, 0.25) is 5.91 Å². The van der Waals surface area contributed by atoms with E-state index < -0.39 is 0 Å². The quantitative estimate of drug-likeness (QED) is 0.705. The molecule has 4 heterocycles. The smallest absolute Gasteiger partial charge is 0.222 e. The molecule has 2 N–H and O–H groups in total. The van der Waals surface area contributed by atoms with Gasteiger partial charge in [0.25, 0.3) is 0 Å². The first kappa shape index (κ1) is 18.4. The average molecular weight is 389 g/mol. The van der Waals surface area contributed by atoms with Crippen LogP contribution >= 0.6 is 0 Å². The van der Waals surface area contributed by atoms with Crippen molar-refractivity contribution < 1.29 is 4.79 Å². The van der Waals surface area contributed by atoms with Gasteiger partial charge in [0.05, 0.1) is 0 Å². The lowest BCUT2D eigenvalue weighted by Crippen LogP contribution is -2.36. The van der Waals surface area contributed by atoms with Gasteiger partial charge in [-0.25, -0.2) is 4.98 Å². The molecule has 0 unspecified atom stereocenters. The van der Waals surface area contributed by atoms with E-state index in [2.05, 4.69) is 40.4 Å². The largest absolute Gasteiger partial charge is 0.346 e. The summed E-state index contributed by atoms with van der Waals surface area (Å²) < 4.78 is 0. The number of aryl methyl sites for hydroxylation is 1. The van der Waals surface area contributed by atoms with Crippen molar-refractivity contribution >= 4 is 16.9 Å². The Labute approximate surface area is 171 Å². The van der Waals surface area contributed by atoms with Crippen molar-refractivity contribution in [2.24, 2.45) is 0 Å². The number of aromatic amines is 1. The average Bonchev–Trinajstić information content (AvgIpc) is 3.42. The summed E-state index contributed by atoms with van der Waals surface area (Å²) in [6.07, 6.45) is 7.89. The highest BCUT2D eigenvalue weighted by Gasteiger charge is 2.27. The molecule has 1 aromatic carbocycles. The lowest BCUT2D eigenvalue weighted by molar-refractivity contribution is -0.131. The molecule has 1 fully saturated rings. The van der Waals surface area contributed by atoms with Crippen molar-refractivity contribution in [2.75, 3.05) is 13.1 Å². The lowest BCUT2D eigenvalue weighted by Gasteiger charge is -2.32. The molecule has 0 radical (unpaired) electrons. The van der Waals surface area contributed by atoms with Crippen LogP contribution in [0.3, 0.4) is 0 Å². The van der Waals surface area contributed by atoms with Crippen LogP contribution in [0.15, 0.2) is 30.6 Å². The molecule has 1 atom stereocenters. The fourth-order valence-corrected chi connectivity index (χ4v) is 4.89. The molecule has 29 heavy (non-hydrogen) atoms. The Balaban J connectivity index is 1.62. The van der Waals surface area contributed by atoms with E-state index in [1.54, 1.807) is 0 Å². The highest BCUT2D eigenvalue weighted by molar-refractivity contribution is 5.84. The van der Waals surface area contributed by atoms with E-state index in [0.29, 0.717) is 19.0 Å². The second-order valence-corrected chi connectivity index (χ2v) is 8.36. The molecule has 0 bridgehead atoms. The highest BCUT2D eigenvalue weighted by atomic mass is 16.2. The van der Waals surface area contributed by atoms with E-state index in [-0.39, 0.29) is 5.91 Å². The maximum absolute atomic E-state index is 12.3. The summed E-state index contributed by atoms with van der Waals surface area (Å²) in [5, 5.41) is 4.85. The molecule has 5 rings (SSSR count). The summed E-state index contributed by atoms with van der Waals surface area (Å²) >= 11 is 0. The fourth-order valence-electron chi connectivity index (χ4n) is 4.89. The van der Waals surface area contributed by atoms with Gasteiger partial charge in [-0.1, -0.05) is 6.92 Å². The molecule has 0 spiro atoms. The van der Waals surface area contributed by atoms with Crippen LogP contribution in [0.2, 0.25) is 0 Å². The third-order valence-corrected chi connectivity index (χ3v) is 6.53. The number of aromatic nitrogens is 2. The zero-order chi connectivity index (χ0) is 20.0. The van der Waals surface area contributed by atoms with Crippen LogP contribution in [0.25, 0.3) is 22.2 Å². The molecule has 150 valence electrons. The van der Waals surface area contributed by atoms with Crippen LogP contribution in [0.1, 0.15) is 54.5 Å². The molecule has 2 aliphatic rings. The number of benzene rings is 1. The number of nitrogens with one attached hydrogen (secondary N) is 2. The third-order valence-electron chi connectivity index (χ3n) is 6.53. The molecule has 0 aliphatic carbocycles. The number of carbonyl (C=O) groups excluding carboxylic acids is 1. The second kappa shape index (κ2) is 7.30. The standard InChI is InChI=1S/C24H28N4O/c1-3-23(29)28-8-6-19-18(14-28)9-16(10-21(19)22-5-4-7-25-22)17-11-20-15(2)12-26-24(20)27-13-17/h9-13,22,25H,3-8,14H2,1-2H3,(H,26,27)/t22-/m0/s1. The minimum atomic E-state index is 0.243. The number of amides is 1. The molecule has 2 aromatic heterocycles. The summed E-state index contributed by atoms with van der Waals surface area (Å²) in [6.45, 7) is 6.69. The normalized spacial score (nSPS) is 19.0. The predicted octanol–water partition coefficient (Wildman–Crippen LogP) is 4.26. The molecule has 2 aliphatic heterocycles. The highest BCUT2D eigenvalue weighted by Crippen LogP contribution is 2.36. The van der Waals surface area contributed by atoms with E-state index in [0.717, 1.165) is 30.7 Å². The van der Waals surface area contributed by atoms with Crippen LogP contribution < -0.4 is 5.32 Å². The van der Waals surface area contributed by atoms with E-state index in [4.69, 9.17) is 0 Å². The van der Waals surface area contributed by atoms with Gasteiger partial charge in [-0.15, -0.1) is 0 Å². The van der Waals surface area contributed by atoms with Crippen LogP contribution in [0.4, 0.5) is 0 Å². The number of hydrogen-bond acceptors (Lipinski definition) is 3. The number of fused-ring (bicyclic) bond motifs is 2. The lowest BCUT2D eigenvalue weighted by atomic mass is 9.86. The van der Waals surface area contributed by atoms with Crippen molar-refractivity contribution in [1.29, 1.82) is 0 Å². The second-order valence-electron chi connectivity index (χ2n) is 8.36.